The van der Waals surface area contributed by atoms with Crippen LogP contribution in [0, 0.1) is 5.92 Å². The topological polar surface area (TPSA) is 61.4 Å². The van der Waals surface area contributed by atoms with Crippen molar-refractivity contribution in [2.45, 2.75) is 12.8 Å². The highest BCUT2D eigenvalue weighted by atomic mass is 16.2. The first-order valence-corrected chi connectivity index (χ1v) is 5.95. The Morgan fingerprint density at radius 3 is 2.28 bits per heavy atom. The molecule has 0 unspecified atom stereocenters. The lowest BCUT2D eigenvalue weighted by Crippen LogP contribution is -2.35. The van der Waals surface area contributed by atoms with Crippen molar-refractivity contribution >= 4 is 23.3 Å². The molecular weight excluding hydrogens is 230 g/mol. The number of hydrogen-bond donors (Lipinski definition) is 2. The van der Waals surface area contributed by atoms with Gasteiger partial charge in [-0.1, -0.05) is 0 Å². The molecule has 1 aromatic rings. The highest BCUT2D eigenvalue weighted by Crippen LogP contribution is 2.28. The van der Waals surface area contributed by atoms with Crippen LogP contribution in [0.3, 0.4) is 0 Å². The molecule has 0 aliphatic heterocycles. The van der Waals surface area contributed by atoms with Crippen LogP contribution in [-0.2, 0) is 4.79 Å². The Hall–Kier alpha value is -2.04. The lowest BCUT2D eigenvalue weighted by atomic mass is 10.2. The minimum absolute atomic E-state index is 0.0341. The molecule has 5 nitrogen and oxygen atoms in total. The first kappa shape index (κ1) is 12.4. The second-order valence-corrected chi connectivity index (χ2v) is 4.66. The molecule has 1 aliphatic carbocycles. The fourth-order valence-corrected chi connectivity index (χ4v) is 1.56. The summed E-state index contributed by atoms with van der Waals surface area (Å²) in [5.41, 5.74) is 1.72. The number of benzene rings is 1. The Labute approximate surface area is 106 Å². The number of urea groups is 1. The molecule has 2 N–H and O–H groups in total. The smallest absolute Gasteiger partial charge is 0.325 e. The normalized spacial score (nSPS) is 13.9. The highest BCUT2D eigenvalue weighted by Gasteiger charge is 2.30. The van der Waals surface area contributed by atoms with Gasteiger partial charge in [-0.25, -0.2) is 4.79 Å². The number of carbonyl (C=O) groups is 2. The molecule has 0 heterocycles. The van der Waals surface area contributed by atoms with E-state index in [0.29, 0.717) is 5.69 Å². The van der Waals surface area contributed by atoms with E-state index in [-0.39, 0.29) is 11.8 Å². The maximum atomic E-state index is 11.5. The third-order valence-corrected chi connectivity index (χ3v) is 2.83. The second-order valence-electron chi connectivity index (χ2n) is 4.66. The lowest BCUT2D eigenvalue weighted by molar-refractivity contribution is -0.121. The predicted octanol–water partition coefficient (Wildman–Crippen LogP) is 1.81. The van der Waals surface area contributed by atoms with E-state index in [1.165, 1.54) is 0 Å². The lowest BCUT2D eigenvalue weighted by Gasteiger charge is -2.13. The van der Waals surface area contributed by atoms with Gasteiger partial charge in [0.25, 0.3) is 0 Å². The maximum Gasteiger partial charge on any atom is 0.325 e. The molecule has 1 aliphatic rings. The van der Waals surface area contributed by atoms with E-state index < -0.39 is 6.03 Å². The first-order valence-electron chi connectivity index (χ1n) is 5.95. The Kier molecular flexibility index (Phi) is 3.50. The second kappa shape index (κ2) is 5.08. The van der Waals surface area contributed by atoms with Crippen LogP contribution >= 0.6 is 0 Å². The fraction of sp³-hybridized carbons (Fsp3) is 0.385. The molecule has 0 bridgehead atoms. The van der Waals surface area contributed by atoms with Gasteiger partial charge in [0.1, 0.15) is 0 Å². The first-order chi connectivity index (χ1) is 8.56. The van der Waals surface area contributed by atoms with E-state index in [1.54, 1.807) is 12.1 Å². The minimum atomic E-state index is -0.468. The maximum absolute atomic E-state index is 11.5. The van der Waals surface area contributed by atoms with Crippen LogP contribution < -0.4 is 15.5 Å². The number of hydrogen-bond acceptors (Lipinski definition) is 3. The summed E-state index contributed by atoms with van der Waals surface area (Å²) >= 11 is 0. The van der Waals surface area contributed by atoms with Gasteiger partial charge in [0, 0.05) is 31.4 Å². The van der Waals surface area contributed by atoms with Gasteiger partial charge >= 0.3 is 6.03 Å². The summed E-state index contributed by atoms with van der Waals surface area (Å²) in [5, 5.41) is 4.96. The number of anilines is 2. The Morgan fingerprint density at radius 2 is 1.78 bits per heavy atom. The number of rotatable bonds is 3. The molecule has 2 rings (SSSR count). The average Bonchev–Trinajstić information content (AvgIpc) is 3.13. The molecule has 96 valence electrons. The van der Waals surface area contributed by atoms with Gasteiger partial charge in [-0.15, -0.1) is 0 Å². The van der Waals surface area contributed by atoms with Gasteiger partial charge < -0.3 is 10.2 Å². The van der Waals surface area contributed by atoms with Crippen LogP contribution in [0.2, 0.25) is 0 Å². The molecular formula is C13H17N3O2. The Bertz CT molecular complexity index is 450. The molecule has 1 aromatic carbocycles. The number of nitrogens with zero attached hydrogens (tertiary/aromatic N) is 1. The van der Waals surface area contributed by atoms with Crippen LogP contribution in [0.1, 0.15) is 12.8 Å². The minimum Gasteiger partial charge on any atom is -0.378 e. The van der Waals surface area contributed by atoms with Crippen molar-refractivity contribution in [3.8, 4) is 0 Å². The molecule has 0 aromatic heterocycles. The van der Waals surface area contributed by atoms with Crippen molar-refractivity contribution < 1.29 is 9.59 Å². The number of nitrogens with one attached hydrogen (secondary N) is 2. The number of carbonyl (C=O) groups excluding carboxylic acids is 2. The summed E-state index contributed by atoms with van der Waals surface area (Å²) in [7, 11) is 3.90. The van der Waals surface area contributed by atoms with Gasteiger partial charge in [-0.3, -0.25) is 10.1 Å². The summed E-state index contributed by atoms with van der Waals surface area (Å²) in [6.45, 7) is 0. The summed E-state index contributed by atoms with van der Waals surface area (Å²) < 4.78 is 0. The fourth-order valence-electron chi connectivity index (χ4n) is 1.56. The molecule has 1 saturated carbocycles. The Balaban J connectivity index is 1.88. The van der Waals surface area contributed by atoms with Crippen LogP contribution in [-0.4, -0.2) is 26.0 Å². The SMILES string of the molecule is CN(C)c1ccc(NC(=O)NC(=O)C2CC2)cc1. The quantitative estimate of drug-likeness (QED) is 0.856. The zero-order chi connectivity index (χ0) is 13.1. The average molecular weight is 247 g/mol. The third kappa shape index (κ3) is 3.23. The molecule has 1 fully saturated rings. The monoisotopic (exact) mass is 247 g/mol. The van der Waals surface area contributed by atoms with Crippen molar-refractivity contribution in [1.82, 2.24) is 5.32 Å². The van der Waals surface area contributed by atoms with Crippen molar-refractivity contribution in [2.75, 3.05) is 24.3 Å². The van der Waals surface area contributed by atoms with Gasteiger partial charge in [0.15, 0.2) is 0 Å². The Morgan fingerprint density at radius 1 is 1.17 bits per heavy atom. The zero-order valence-corrected chi connectivity index (χ0v) is 10.6. The molecule has 5 heteroatoms. The van der Waals surface area contributed by atoms with Crippen molar-refractivity contribution in [2.24, 2.45) is 5.92 Å². The van der Waals surface area contributed by atoms with E-state index in [1.807, 2.05) is 31.1 Å². The summed E-state index contributed by atoms with van der Waals surface area (Å²) in [5.74, 6) is -0.149. The number of imide groups is 1. The number of amides is 3. The van der Waals surface area contributed by atoms with Crippen molar-refractivity contribution in [1.29, 1.82) is 0 Å². The summed E-state index contributed by atoms with van der Waals surface area (Å²) in [6, 6.07) is 6.94. The van der Waals surface area contributed by atoms with E-state index >= 15 is 0 Å². The van der Waals surface area contributed by atoms with E-state index in [9.17, 15) is 9.59 Å². The van der Waals surface area contributed by atoms with Gasteiger partial charge in [0.2, 0.25) is 5.91 Å². The van der Waals surface area contributed by atoms with Crippen LogP contribution in [0.15, 0.2) is 24.3 Å². The van der Waals surface area contributed by atoms with Gasteiger partial charge in [0.05, 0.1) is 0 Å². The van der Waals surface area contributed by atoms with Crippen molar-refractivity contribution in [3.05, 3.63) is 24.3 Å². The molecule has 0 radical (unpaired) electrons. The third-order valence-electron chi connectivity index (χ3n) is 2.83. The summed E-state index contributed by atoms with van der Waals surface area (Å²) in [4.78, 5) is 24.9. The van der Waals surface area contributed by atoms with Crippen LogP contribution in [0.4, 0.5) is 16.2 Å². The van der Waals surface area contributed by atoms with Crippen LogP contribution in [0.5, 0.6) is 0 Å². The highest BCUT2D eigenvalue weighted by molar-refractivity contribution is 6.02. The van der Waals surface area contributed by atoms with E-state index in [0.717, 1.165) is 18.5 Å². The molecule has 0 spiro atoms. The zero-order valence-electron chi connectivity index (χ0n) is 10.6. The molecule has 18 heavy (non-hydrogen) atoms. The van der Waals surface area contributed by atoms with Crippen molar-refractivity contribution in [3.63, 3.8) is 0 Å². The largest absolute Gasteiger partial charge is 0.378 e. The molecule has 0 saturated heterocycles. The molecule has 0 atom stereocenters. The van der Waals surface area contributed by atoms with Crippen LogP contribution in [0.25, 0.3) is 0 Å². The predicted molar refractivity (Wildman–Crippen MR) is 70.7 cm³/mol. The van der Waals surface area contributed by atoms with Gasteiger partial charge in [-0.05, 0) is 37.1 Å². The summed E-state index contributed by atoms with van der Waals surface area (Å²) in [6.07, 6.45) is 1.77. The standard InChI is InChI=1S/C13H17N3O2/c1-16(2)11-7-5-10(6-8-11)14-13(18)15-12(17)9-3-4-9/h5-9H,3-4H2,1-2H3,(H2,14,15,17,18). The van der Waals surface area contributed by atoms with E-state index in [2.05, 4.69) is 10.6 Å². The van der Waals surface area contributed by atoms with E-state index in [4.69, 9.17) is 0 Å². The van der Waals surface area contributed by atoms with Gasteiger partial charge in [-0.2, -0.15) is 0 Å². The molecule has 3 amide bonds.